The fourth-order valence-corrected chi connectivity index (χ4v) is 4.73. The summed E-state index contributed by atoms with van der Waals surface area (Å²) in [5.41, 5.74) is 1.32. The van der Waals surface area contributed by atoms with Crippen LogP contribution in [0.5, 0.6) is 0 Å². The zero-order chi connectivity index (χ0) is 16.2. The maximum absolute atomic E-state index is 6.02. The van der Waals surface area contributed by atoms with Crippen LogP contribution in [0.4, 0.5) is 5.69 Å². The van der Waals surface area contributed by atoms with Crippen LogP contribution in [-0.4, -0.2) is 54.3 Å². The van der Waals surface area contributed by atoms with Gasteiger partial charge in [0.25, 0.3) is 0 Å². The first-order chi connectivity index (χ1) is 11.8. The van der Waals surface area contributed by atoms with Crippen molar-refractivity contribution in [1.29, 1.82) is 0 Å². The van der Waals surface area contributed by atoms with Crippen molar-refractivity contribution in [3.05, 3.63) is 41.1 Å². The molecule has 0 radical (unpaired) electrons. The van der Waals surface area contributed by atoms with Crippen molar-refractivity contribution in [3.8, 4) is 0 Å². The van der Waals surface area contributed by atoms with Crippen LogP contribution in [0.3, 0.4) is 0 Å². The first kappa shape index (κ1) is 16.0. The molecule has 0 N–H and O–H groups in total. The van der Waals surface area contributed by atoms with E-state index in [0.717, 1.165) is 45.1 Å². The molecule has 2 fully saturated rings. The lowest BCUT2D eigenvalue weighted by Gasteiger charge is -2.43. The topological polar surface area (TPSA) is 41.5 Å². The van der Waals surface area contributed by atoms with Crippen molar-refractivity contribution in [2.24, 2.45) is 5.41 Å². The molecule has 5 nitrogen and oxygen atoms in total. The summed E-state index contributed by atoms with van der Waals surface area (Å²) < 4.78 is 6.02. The molecule has 0 unspecified atom stereocenters. The van der Waals surface area contributed by atoms with Crippen LogP contribution in [0.2, 0.25) is 0 Å². The van der Waals surface area contributed by atoms with Gasteiger partial charge in [-0.2, -0.15) is 0 Å². The summed E-state index contributed by atoms with van der Waals surface area (Å²) in [5.74, 6) is 0. The molecule has 24 heavy (non-hydrogen) atoms. The molecule has 4 heterocycles. The second kappa shape index (κ2) is 7.17. The predicted molar refractivity (Wildman–Crippen MR) is 96.3 cm³/mol. The summed E-state index contributed by atoms with van der Waals surface area (Å²) in [7, 11) is 0. The number of hydrogen-bond donors (Lipinski definition) is 0. The third kappa shape index (κ3) is 3.61. The van der Waals surface area contributed by atoms with Gasteiger partial charge in [0, 0.05) is 36.5 Å². The fraction of sp³-hybridized carbons (Fsp3) is 0.556. The SMILES string of the molecule is c1csc(CN2CCC[C@]3(COCCN(c4cncnc4)C3)C2)c1. The Labute approximate surface area is 147 Å². The van der Waals surface area contributed by atoms with Gasteiger partial charge in [-0.25, -0.2) is 9.97 Å². The minimum absolute atomic E-state index is 0.210. The van der Waals surface area contributed by atoms with E-state index in [2.05, 4.69) is 37.3 Å². The minimum Gasteiger partial charge on any atom is -0.379 e. The van der Waals surface area contributed by atoms with E-state index >= 15 is 0 Å². The Morgan fingerprint density at radius 3 is 2.96 bits per heavy atom. The molecule has 0 aromatic carbocycles. The minimum atomic E-state index is 0.210. The van der Waals surface area contributed by atoms with E-state index < -0.39 is 0 Å². The van der Waals surface area contributed by atoms with Gasteiger partial charge >= 0.3 is 0 Å². The Morgan fingerprint density at radius 2 is 2.12 bits per heavy atom. The van der Waals surface area contributed by atoms with Crippen molar-refractivity contribution < 1.29 is 4.74 Å². The maximum atomic E-state index is 6.02. The lowest BCUT2D eigenvalue weighted by molar-refractivity contribution is 0.0110. The van der Waals surface area contributed by atoms with Crippen molar-refractivity contribution in [2.45, 2.75) is 19.4 Å². The molecule has 0 bridgehead atoms. The number of aromatic nitrogens is 2. The van der Waals surface area contributed by atoms with Crippen LogP contribution >= 0.6 is 11.3 Å². The molecule has 4 rings (SSSR count). The summed E-state index contributed by atoms with van der Waals surface area (Å²) in [4.78, 5) is 14.8. The second-order valence-corrected chi connectivity index (χ2v) is 8.00. The monoisotopic (exact) mass is 344 g/mol. The standard InChI is InChI=1S/C18H24N4OS/c1-3-17(24-8-1)11-21-5-2-4-18(12-21)13-22(6-7-23-14-18)16-9-19-15-20-10-16/h1,3,8-10,15H,2,4-7,11-14H2/t18-/m0/s1. The first-order valence-corrected chi connectivity index (χ1v) is 9.53. The quantitative estimate of drug-likeness (QED) is 0.856. The molecule has 2 saturated heterocycles. The summed E-state index contributed by atoms with van der Waals surface area (Å²) >= 11 is 1.85. The molecule has 2 aromatic heterocycles. The Hall–Kier alpha value is -1.50. The van der Waals surface area contributed by atoms with Gasteiger partial charge in [-0.05, 0) is 30.8 Å². The van der Waals surface area contributed by atoms with Crippen LogP contribution < -0.4 is 4.90 Å². The molecule has 6 heteroatoms. The number of hydrogen-bond acceptors (Lipinski definition) is 6. The Balaban J connectivity index is 1.49. The van der Waals surface area contributed by atoms with Crippen LogP contribution in [0.1, 0.15) is 17.7 Å². The fourth-order valence-electron chi connectivity index (χ4n) is 3.98. The normalized spacial score (nSPS) is 25.8. The maximum Gasteiger partial charge on any atom is 0.115 e. The summed E-state index contributed by atoms with van der Waals surface area (Å²) in [6.45, 7) is 6.94. The summed E-state index contributed by atoms with van der Waals surface area (Å²) in [6, 6.07) is 4.38. The molecule has 2 aliphatic heterocycles. The van der Waals surface area contributed by atoms with Crippen molar-refractivity contribution in [3.63, 3.8) is 0 Å². The van der Waals surface area contributed by atoms with Gasteiger partial charge in [0.15, 0.2) is 0 Å². The molecule has 1 atom stereocenters. The lowest BCUT2D eigenvalue weighted by atomic mass is 9.80. The van der Waals surface area contributed by atoms with E-state index in [9.17, 15) is 0 Å². The van der Waals surface area contributed by atoms with E-state index in [1.54, 1.807) is 6.33 Å². The zero-order valence-electron chi connectivity index (χ0n) is 13.9. The van der Waals surface area contributed by atoms with Crippen molar-refractivity contribution in [2.75, 3.05) is 44.3 Å². The Bertz CT molecular complexity index is 636. The van der Waals surface area contributed by atoms with Crippen LogP contribution in [0, 0.1) is 5.41 Å². The van der Waals surface area contributed by atoms with Crippen LogP contribution in [0.25, 0.3) is 0 Å². The third-order valence-electron chi connectivity index (χ3n) is 5.05. The van der Waals surface area contributed by atoms with Gasteiger partial charge in [-0.3, -0.25) is 4.90 Å². The highest BCUT2D eigenvalue weighted by Crippen LogP contribution is 2.35. The number of piperidine rings is 1. The zero-order valence-corrected chi connectivity index (χ0v) is 14.7. The number of anilines is 1. The number of rotatable bonds is 3. The highest BCUT2D eigenvalue weighted by molar-refractivity contribution is 7.09. The Kier molecular flexibility index (Phi) is 4.78. The van der Waals surface area contributed by atoms with E-state index in [4.69, 9.17) is 4.74 Å². The van der Waals surface area contributed by atoms with Gasteiger partial charge < -0.3 is 9.64 Å². The molecule has 2 aromatic rings. The first-order valence-electron chi connectivity index (χ1n) is 8.66. The molecule has 0 saturated carbocycles. The van der Waals surface area contributed by atoms with Gasteiger partial charge in [-0.1, -0.05) is 6.07 Å². The highest BCUT2D eigenvalue weighted by atomic mass is 32.1. The largest absolute Gasteiger partial charge is 0.379 e. The molecule has 0 aliphatic carbocycles. The highest BCUT2D eigenvalue weighted by Gasteiger charge is 2.39. The number of likely N-dealkylation sites (tertiary alicyclic amines) is 1. The molecular weight excluding hydrogens is 320 g/mol. The van der Waals surface area contributed by atoms with Gasteiger partial charge in [0.2, 0.25) is 0 Å². The number of ether oxygens (including phenoxy) is 1. The van der Waals surface area contributed by atoms with Crippen LogP contribution in [0.15, 0.2) is 36.2 Å². The van der Waals surface area contributed by atoms with E-state index in [1.807, 2.05) is 23.7 Å². The molecule has 0 amide bonds. The Morgan fingerprint density at radius 1 is 1.21 bits per heavy atom. The lowest BCUT2D eigenvalue weighted by Crippen LogP contribution is -2.50. The second-order valence-electron chi connectivity index (χ2n) is 6.96. The number of nitrogens with zero attached hydrogens (tertiary/aromatic N) is 4. The predicted octanol–water partition coefficient (Wildman–Crippen LogP) is 2.66. The van der Waals surface area contributed by atoms with E-state index in [1.165, 1.54) is 24.3 Å². The molecule has 2 aliphatic rings. The third-order valence-corrected chi connectivity index (χ3v) is 5.91. The van der Waals surface area contributed by atoms with Crippen molar-refractivity contribution >= 4 is 17.0 Å². The molecule has 128 valence electrons. The summed E-state index contributed by atoms with van der Waals surface area (Å²) in [6.07, 6.45) is 7.90. The van der Waals surface area contributed by atoms with E-state index in [-0.39, 0.29) is 5.41 Å². The van der Waals surface area contributed by atoms with Gasteiger partial charge in [0.05, 0.1) is 31.3 Å². The van der Waals surface area contributed by atoms with Crippen molar-refractivity contribution in [1.82, 2.24) is 14.9 Å². The average molecular weight is 344 g/mol. The van der Waals surface area contributed by atoms with Gasteiger partial charge in [0.1, 0.15) is 6.33 Å². The van der Waals surface area contributed by atoms with E-state index in [0.29, 0.717) is 0 Å². The molecule has 1 spiro atoms. The smallest absolute Gasteiger partial charge is 0.115 e. The average Bonchev–Trinajstić information content (AvgIpc) is 3.03. The number of thiophene rings is 1. The van der Waals surface area contributed by atoms with Gasteiger partial charge in [-0.15, -0.1) is 11.3 Å². The summed E-state index contributed by atoms with van der Waals surface area (Å²) in [5, 5.41) is 2.17. The van der Waals surface area contributed by atoms with Crippen LogP contribution in [-0.2, 0) is 11.3 Å². The molecular formula is C18H24N4OS.